The zero-order valence-corrected chi connectivity index (χ0v) is 8.38. The molecule has 0 saturated heterocycles. The molecule has 14 heavy (non-hydrogen) atoms. The molecule has 0 atom stereocenters. The number of aliphatic hydroxyl groups excluding tert-OH is 1. The lowest BCUT2D eigenvalue weighted by Gasteiger charge is -1.98. The number of aliphatic hydroxyl groups is 1. The highest BCUT2D eigenvalue weighted by Crippen LogP contribution is 2.10. The van der Waals surface area contributed by atoms with Gasteiger partial charge in [0.2, 0.25) is 0 Å². The molecule has 1 aromatic carbocycles. The summed E-state index contributed by atoms with van der Waals surface area (Å²) < 4.78 is 0. The van der Waals surface area contributed by atoms with Gasteiger partial charge >= 0.3 is 0 Å². The summed E-state index contributed by atoms with van der Waals surface area (Å²) in [6.45, 7) is 2.20. The van der Waals surface area contributed by atoms with Gasteiger partial charge in [0.15, 0.2) is 0 Å². The molecule has 0 unspecified atom stereocenters. The van der Waals surface area contributed by atoms with E-state index in [0.717, 1.165) is 29.7 Å². The van der Waals surface area contributed by atoms with Gasteiger partial charge in [0, 0.05) is 24.3 Å². The summed E-state index contributed by atoms with van der Waals surface area (Å²) in [5, 5.41) is 8.57. The Morgan fingerprint density at radius 2 is 2.21 bits per heavy atom. The Morgan fingerprint density at radius 1 is 1.43 bits per heavy atom. The van der Waals surface area contributed by atoms with Crippen LogP contribution in [0, 0.1) is 18.8 Å². The van der Waals surface area contributed by atoms with Gasteiger partial charge in [-0.15, -0.1) is 0 Å². The maximum Gasteiger partial charge on any atom is 0.0440 e. The highest BCUT2D eigenvalue weighted by atomic mass is 16.2. The number of anilines is 1. The average Bonchev–Trinajstić information content (AvgIpc) is 2.15. The van der Waals surface area contributed by atoms with Crippen molar-refractivity contribution in [2.24, 2.45) is 0 Å². The Labute approximate surface area is 84.8 Å². The minimum absolute atomic E-state index is 0.204. The van der Waals surface area contributed by atoms with Gasteiger partial charge in [-0.25, -0.2) is 0 Å². The Morgan fingerprint density at radius 3 is 2.86 bits per heavy atom. The van der Waals surface area contributed by atoms with E-state index in [2.05, 4.69) is 11.8 Å². The van der Waals surface area contributed by atoms with E-state index in [1.165, 1.54) is 0 Å². The molecule has 0 bridgehead atoms. The van der Waals surface area contributed by atoms with E-state index < -0.39 is 0 Å². The zero-order valence-electron chi connectivity index (χ0n) is 8.38. The molecule has 0 aromatic heterocycles. The number of nitrogens with two attached hydrogens (primary N) is 1. The van der Waals surface area contributed by atoms with E-state index in [1.807, 2.05) is 25.1 Å². The Balaban J connectivity index is 2.70. The first-order valence-corrected chi connectivity index (χ1v) is 4.70. The predicted octanol–water partition coefficient (Wildman–Crippen LogP) is 1.70. The van der Waals surface area contributed by atoms with Gasteiger partial charge in [-0.3, -0.25) is 0 Å². The minimum Gasteiger partial charge on any atom is -0.399 e. The molecule has 0 radical (unpaired) electrons. The van der Waals surface area contributed by atoms with Crippen LogP contribution in [0.1, 0.15) is 24.0 Å². The molecule has 0 fully saturated rings. The van der Waals surface area contributed by atoms with Crippen molar-refractivity contribution in [3.63, 3.8) is 0 Å². The molecule has 1 rings (SSSR count). The minimum atomic E-state index is 0.204. The van der Waals surface area contributed by atoms with Crippen molar-refractivity contribution in [1.29, 1.82) is 0 Å². The molecular formula is C12H15NO. The Hall–Kier alpha value is -1.46. The standard InChI is InChI=1S/C12H15NO/c1-10-9-12(13)7-6-11(10)5-3-2-4-8-14/h6-7,9,14H,2,4,8,13H2,1H3. The number of unbranched alkanes of at least 4 members (excludes halogenated alkanes) is 1. The third-order valence-electron chi connectivity index (χ3n) is 1.93. The van der Waals surface area contributed by atoms with Crippen LogP contribution < -0.4 is 5.73 Å². The largest absolute Gasteiger partial charge is 0.399 e. The molecule has 0 aliphatic rings. The quantitative estimate of drug-likeness (QED) is 0.422. The molecule has 74 valence electrons. The lowest BCUT2D eigenvalue weighted by atomic mass is 10.1. The molecule has 3 N–H and O–H groups in total. The van der Waals surface area contributed by atoms with E-state index >= 15 is 0 Å². The predicted molar refractivity (Wildman–Crippen MR) is 58.8 cm³/mol. The van der Waals surface area contributed by atoms with Crippen molar-refractivity contribution < 1.29 is 5.11 Å². The fourth-order valence-corrected chi connectivity index (χ4v) is 1.15. The number of aryl methyl sites for hydroxylation is 1. The van der Waals surface area contributed by atoms with Gasteiger partial charge in [-0.05, 0) is 37.1 Å². The summed E-state index contributed by atoms with van der Waals surface area (Å²) in [5.74, 6) is 6.07. The van der Waals surface area contributed by atoms with Gasteiger partial charge in [0.25, 0.3) is 0 Å². The van der Waals surface area contributed by atoms with Crippen LogP contribution in [0.2, 0.25) is 0 Å². The van der Waals surface area contributed by atoms with Crippen LogP contribution in [0.3, 0.4) is 0 Å². The van der Waals surface area contributed by atoms with Gasteiger partial charge in [0.1, 0.15) is 0 Å². The first kappa shape index (κ1) is 10.6. The van der Waals surface area contributed by atoms with Crippen LogP contribution >= 0.6 is 0 Å². The molecule has 0 spiro atoms. The van der Waals surface area contributed by atoms with E-state index in [9.17, 15) is 0 Å². The van der Waals surface area contributed by atoms with Gasteiger partial charge in [-0.2, -0.15) is 0 Å². The molecule has 2 nitrogen and oxygen atoms in total. The van der Waals surface area contributed by atoms with Crippen molar-refractivity contribution in [2.45, 2.75) is 19.8 Å². The summed E-state index contributed by atoms with van der Waals surface area (Å²) in [6, 6.07) is 5.69. The zero-order chi connectivity index (χ0) is 10.4. The normalized spacial score (nSPS) is 9.29. The maximum atomic E-state index is 8.57. The third-order valence-corrected chi connectivity index (χ3v) is 1.93. The van der Waals surface area contributed by atoms with Crippen molar-refractivity contribution in [3.8, 4) is 11.8 Å². The lowest BCUT2D eigenvalue weighted by Crippen LogP contribution is -1.88. The first-order valence-electron chi connectivity index (χ1n) is 4.70. The highest BCUT2D eigenvalue weighted by Gasteiger charge is 1.93. The summed E-state index contributed by atoms with van der Waals surface area (Å²) in [5.41, 5.74) is 8.50. The average molecular weight is 189 g/mol. The fourth-order valence-electron chi connectivity index (χ4n) is 1.15. The third kappa shape index (κ3) is 3.12. The van der Waals surface area contributed by atoms with Crippen molar-refractivity contribution in [1.82, 2.24) is 0 Å². The molecule has 0 aliphatic heterocycles. The van der Waals surface area contributed by atoms with Crippen molar-refractivity contribution in [2.75, 3.05) is 12.3 Å². The molecule has 0 saturated carbocycles. The number of benzene rings is 1. The van der Waals surface area contributed by atoms with E-state index in [4.69, 9.17) is 10.8 Å². The number of hydrogen-bond donors (Lipinski definition) is 2. The highest BCUT2D eigenvalue weighted by molar-refractivity contribution is 5.50. The molecule has 2 heteroatoms. The summed E-state index contributed by atoms with van der Waals surface area (Å²) in [4.78, 5) is 0. The van der Waals surface area contributed by atoms with Crippen LogP contribution in [-0.4, -0.2) is 11.7 Å². The Bertz CT molecular complexity index is 360. The molecule has 0 amide bonds. The monoisotopic (exact) mass is 189 g/mol. The van der Waals surface area contributed by atoms with Crippen LogP contribution in [-0.2, 0) is 0 Å². The second-order valence-corrected chi connectivity index (χ2v) is 3.20. The van der Waals surface area contributed by atoms with Crippen LogP contribution in [0.4, 0.5) is 5.69 Å². The number of hydrogen-bond acceptors (Lipinski definition) is 2. The number of nitrogen functional groups attached to an aromatic ring is 1. The fraction of sp³-hybridized carbons (Fsp3) is 0.333. The summed E-state index contributed by atoms with van der Waals surface area (Å²) in [7, 11) is 0. The molecule has 0 heterocycles. The van der Waals surface area contributed by atoms with E-state index in [0.29, 0.717) is 0 Å². The van der Waals surface area contributed by atoms with E-state index in [-0.39, 0.29) is 6.61 Å². The van der Waals surface area contributed by atoms with Gasteiger partial charge < -0.3 is 10.8 Å². The SMILES string of the molecule is Cc1cc(N)ccc1C#CCCCO. The summed E-state index contributed by atoms with van der Waals surface area (Å²) in [6.07, 6.45) is 1.47. The molecular weight excluding hydrogens is 174 g/mol. The van der Waals surface area contributed by atoms with Crippen molar-refractivity contribution >= 4 is 5.69 Å². The smallest absolute Gasteiger partial charge is 0.0440 e. The summed E-state index contributed by atoms with van der Waals surface area (Å²) >= 11 is 0. The topological polar surface area (TPSA) is 46.2 Å². The number of rotatable bonds is 2. The molecule has 0 aliphatic carbocycles. The van der Waals surface area contributed by atoms with Crippen molar-refractivity contribution in [3.05, 3.63) is 29.3 Å². The first-order chi connectivity index (χ1) is 6.74. The van der Waals surface area contributed by atoms with Gasteiger partial charge in [-0.1, -0.05) is 11.8 Å². The second-order valence-electron chi connectivity index (χ2n) is 3.20. The lowest BCUT2D eigenvalue weighted by molar-refractivity contribution is 0.290. The maximum absolute atomic E-state index is 8.57. The second kappa shape index (κ2) is 5.31. The van der Waals surface area contributed by atoms with Crippen LogP contribution in [0.25, 0.3) is 0 Å². The van der Waals surface area contributed by atoms with Crippen LogP contribution in [0.15, 0.2) is 18.2 Å². The molecule has 1 aromatic rings. The van der Waals surface area contributed by atoms with E-state index in [1.54, 1.807) is 0 Å². The van der Waals surface area contributed by atoms with Gasteiger partial charge in [0.05, 0.1) is 0 Å². The Kier molecular flexibility index (Phi) is 4.03. The van der Waals surface area contributed by atoms with Crippen LogP contribution in [0.5, 0.6) is 0 Å².